The Hall–Kier alpha value is -1.69. The number of nitrogens with zero attached hydrogens (tertiary/aromatic N) is 2. The molecule has 0 atom stereocenters. The molecule has 0 unspecified atom stereocenters. The SMILES string of the molecule is Cc1nn(C)c(C)c1NC(=O)c1cc(Br)ccc1F. The molecule has 2 aromatic rings. The minimum absolute atomic E-state index is 0.00275. The molecule has 1 aromatic heterocycles. The topological polar surface area (TPSA) is 46.9 Å². The van der Waals surface area contributed by atoms with Gasteiger partial charge in [0.15, 0.2) is 0 Å². The molecule has 100 valence electrons. The number of nitrogens with one attached hydrogen (secondary N) is 1. The highest BCUT2D eigenvalue weighted by molar-refractivity contribution is 9.10. The minimum Gasteiger partial charge on any atom is -0.319 e. The summed E-state index contributed by atoms with van der Waals surface area (Å²) in [5, 5.41) is 6.90. The molecule has 1 N–H and O–H groups in total. The third-order valence-electron chi connectivity index (χ3n) is 2.92. The van der Waals surface area contributed by atoms with Crippen molar-refractivity contribution in [1.29, 1.82) is 0 Å². The molecule has 0 saturated carbocycles. The van der Waals surface area contributed by atoms with E-state index in [4.69, 9.17) is 0 Å². The van der Waals surface area contributed by atoms with Crippen molar-refractivity contribution in [2.75, 3.05) is 5.32 Å². The zero-order valence-corrected chi connectivity index (χ0v) is 12.4. The van der Waals surface area contributed by atoms with Crippen LogP contribution >= 0.6 is 15.9 Å². The lowest BCUT2D eigenvalue weighted by molar-refractivity contribution is 0.102. The number of benzene rings is 1. The lowest BCUT2D eigenvalue weighted by atomic mass is 10.2. The average Bonchev–Trinajstić information content (AvgIpc) is 2.59. The number of carbonyl (C=O) groups excluding carboxylic acids is 1. The second kappa shape index (κ2) is 5.13. The second-order valence-electron chi connectivity index (χ2n) is 4.25. The maximum Gasteiger partial charge on any atom is 0.258 e. The zero-order chi connectivity index (χ0) is 14.2. The van der Waals surface area contributed by atoms with Crippen molar-refractivity contribution in [3.8, 4) is 0 Å². The Morgan fingerprint density at radius 1 is 1.42 bits per heavy atom. The van der Waals surface area contributed by atoms with Gasteiger partial charge < -0.3 is 5.32 Å². The lowest BCUT2D eigenvalue weighted by Crippen LogP contribution is -2.15. The maximum absolute atomic E-state index is 13.6. The molecule has 4 nitrogen and oxygen atoms in total. The van der Waals surface area contributed by atoms with Gasteiger partial charge in [-0.2, -0.15) is 5.10 Å². The van der Waals surface area contributed by atoms with E-state index in [-0.39, 0.29) is 5.56 Å². The van der Waals surface area contributed by atoms with Crippen LogP contribution in [0.4, 0.5) is 10.1 Å². The van der Waals surface area contributed by atoms with E-state index in [0.29, 0.717) is 15.9 Å². The summed E-state index contributed by atoms with van der Waals surface area (Å²) in [7, 11) is 1.79. The predicted octanol–water partition coefficient (Wildman–Crippen LogP) is 3.19. The summed E-state index contributed by atoms with van der Waals surface area (Å²) in [6.07, 6.45) is 0. The first-order chi connectivity index (χ1) is 8.90. The van der Waals surface area contributed by atoms with Gasteiger partial charge in [0.2, 0.25) is 0 Å². The van der Waals surface area contributed by atoms with E-state index in [9.17, 15) is 9.18 Å². The van der Waals surface area contributed by atoms with Crippen LogP contribution < -0.4 is 5.32 Å². The number of anilines is 1. The predicted molar refractivity (Wildman–Crippen MR) is 74.7 cm³/mol. The second-order valence-corrected chi connectivity index (χ2v) is 5.16. The highest BCUT2D eigenvalue weighted by Gasteiger charge is 2.16. The Kier molecular flexibility index (Phi) is 3.71. The molecule has 0 aliphatic rings. The molecule has 0 radical (unpaired) electrons. The number of aryl methyl sites for hydroxylation is 2. The van der Waals surface area contributed by atoms with E-state index in [1.807, 2.05) is 6.92 Å². The summed E-state index contributed by atoms with van der Waals surface area (Å²) in [4.78, 5) is 12.1. The summed E-state index contributed by atoms with van der Waals surface area (Å²) in [6.45, 7) is 3.63. The van der Waals surface area contributed by atoms with E-state index >= 15 is 0 Å². The molecule has 0 fully saturated rings. The number of hydrogen-bond acceptors (Lipinski definition) is 2. The van der Waals surface area contributed by atoms with Crippen LogP contribution in [-0.2, 0) is 7.05 Å². The third kappa shape index (κ3) is 2.68. The van der Waals surface area contributed by atoms with Gasteiger partial charge in [-0.1, -0.05) is 15.9 Å². The van der Waals surface area contributed by atoms with Gasteiger partial charge in [0, 0.05) is 11.5 Å². The molecule has 0 aliphatic heterocycles. The van der Waals surface area contributed by atoms with Crippen molar-refractivity contribution in [1.82, 2.24) is 9.78 Å². The Morgan fingerprint density at radius 3 is 2.68 bits per heavy atom. The summed E-state index contributed by atoms with van der Waals surface area (Å²) >= 11 is 3.22. The van der Waals surface area contributed by atoms with E-state index in [1.165, 1.54) is 12.1 Å². The zero-order valence-electron chi connectivity index (χ0n) is 10.8. The van der Waals surface area contributed by atoms with Crippen LogP contribution in [0, 0.1) is 19.7 Å². The lowest BCUT2D eigenvalue weighted by Gasteiger charge is -2.07. The number of rotatable bonds is 2. The molecule has 0 bridgehead atoms. The number of halogens is 2. The van der Waals surface area contributed by atoms with E-state index in [0.717, 1.165) is 5.69 Å². The molecule has 1 aromatic carbocycles. The van der Waals surface area contributed by atoms with Gasteiger partial charge in [-0.15, -0.1) is 0 Å². The summed E-state index contributed by atoms with van der Waals surface area (Å²) in [5.41, 5.74) is 2.13. The molecule has 1 amide bonds. The number of hydrogen-bond donors (Lipinski definition) is 1. The van der Waals surface area contributed by atoms with Gasteiger partial charge in [-0.05, 0) is 32.0 Å². The fourth-order valence-electron chi connectivity index (χ4n) is 1.81. The molecule has 1 heterocycles. The third-order valence-corrected chi connectivity index (χ3v) is 3.41. The van der Waals surface area contributed by atoms with Gasteiger partial charge in [0.1, 0.15) is 5.82 Å². The molecule has 0 aliphatic carbocycles. The first kappa shape index (κ1) is 13.7. The van der Waals surface area contributed by atoms with Crippen molar-refractivity contribution in [2.45, 2.75) is 13.8 Å². The largest absolute Gasteiger partial charge is 0.319 e. The van der Waals surface area contributed by atoms with E-state index in [1.54, 1.807) is 24.7 Å². The van der Waals surface area contributed by atoms with Gasteiger partial charge in [0.25, 0.3) is 5.91 Å². The van der Waals surface area contributed by atoms with E-state index < -0.39 is 11.7 Å². The van der Waals surface area contributed by atoms with Crippen LogP contribution in [0.5, 0.6) is 0 Å². The van der Waals surface area contributed by atoms with Gasteiger partial charge in [-0.25, -0.2) is 4.39 Å². The Bertz CT molecular complexity index is 652. The molecule has 0 spiro atoms. The molecule has 2 rings (SSSR count). The van der Waals surface area contributed by atoms with Crippen LogP contribution in [0.1, 0.15) is 21.7 Å². The number of carbonyl (C=O) groups is 1. The molecule has 0 saturated heterocycles. The van der Waals surface area contributed by atoms with Gasteiger partial charge >= 0.3 is 0 Å². The van der Waals surface area contributed by atoms with Crippen LogP contribution in [0.3, 0.4) is 0 Å². The highest BCUT2D eigenvalue weighted by atomic mass is 79.9. The normalized spacial score (nSPS) is 10.6. The van der Waals surface area contributed by atoms with Crippen LogP contribution in [0.15, 0.2) is 22.7 Å². The average molecular weight is 326 g/mol. The first-order valence-corrected chi connectivity index (χ1v) is 6.46. The van der Waals surface area contributed by atoms with Crippen LogP contribution in [0.2, 0.25) is 0 Å². The van der Waals surface area contributed by atoms with Gasteiger partial charge in [-0.3, -0.25) is 9.48 Å². The molecule has 6 heteroatoms. The van der Waals surface area contributed by atoms with Crippen molar-refractivity contribution in [2.24, 2.45) is 7.05 Å². The monoisotopic (exact) mass is 325 g/mol. The van der Waals surface area contributed by atoms with Crippen molar-refractivity contribution >= 4 is 27.5 Å². The van der Waals surface area contributed by atoms with Crippen LogP contribution in [0.25, 0.3) is 0 Å². The van der Waals surface area contributed by atoms with E-state index in [2.05, 4.69) is 26.3 Å². The van der Waals surface area contributed by atoms with Crippen LogP contribution in [-0.4, -0.2) is 15.7 Å². The Morgan fingerprint density at radius 2 is 2.11 bits per heavy atom. The van der Waals surface area contributed by atoms with Gasteiger partial charge in [0.05, 0.1) is 22.6 Å². The van der Waals surface area contributed by atoms with Crippen molar-refractivity contribution < 1.29 is 9.18 Å². The Balaban J connectivity index is 2.33. The maximum atomic E-state index is 13.6. The summed E-state index contributed by atoms with van der Waals surface area (Å²) < 4.78 is 15.9. The molecule has 19 heavy (non-hydrogen) atoms. The Labute approximate surface area is 118 Å². The van der Waals surface area contributed by atoms with Crippen molar-refractivity contribution in [3.05, 3.63) is 45.4 Å². The summed E-state index contributed by atoms with van der Waals surface area (Å²) in [6, 6.07) is 4.25. The first-order valence-electron chi connectivity index (χ1n) is 5.66. The molecular weight excluding hydrogens is 313 g/mol. The van der Waals surface area contributed by atoms with Crippen molar-refractivity contribution in [3.63, 3.8) is 0 Å². The fourth-order valence-corrected chi connectivity index (χ4v) is 2.17. The standard InChI is InChI=1S/C13H13BrFN3O/c1-7-12(8(2)18(3)17-7)16-13(19)10-6-9(14)4-5-11(10)15/h4-6H,1-3H3,(H,16,19). The summed E-state index contributed by atoms with van der Waals surface area (Å²) in [5.74, 6) is -1.04. The smallest absolute Gasteiger partial charge is 0.258 e. The molecular formula is C13H13BrFN3O. The number of aromatic nitrogens is 2. The fraction of sp³-hybridized carbons (Fsp3) is 0.231. The quantitative estimate of drug-likeness (QED) is 0.921. The highest BCUT2D eigenvalue weighted by Crippen LogP contribution is 2.21. The minimum atomic E-state index is -0.556. The number of amides is 1.